The Morgan fingerprint density at radius 2 is 1.71 bits per heavy atom. The van der Waals surface area contributed by atoms with E-state index in [4.69, 9.17) is 9.47 Å². The van der Waals surface area contributed by atoms with Crippen LogP contribution in [-0.2, 0) is 9.47 Å². The Labute approximate surface area is 128 Å². The van der Waals surface area contributed by atoms with E-state index in [0.717, 1.165) is 37.7 Å². The topological polar surface area (TPSA) is 35.5 Å². The molecular formula is C18H28O3. The Bertz CT molecular complexity index is 375. The van der Waals surface area contributed by atoms with Crippen LogP contribution in [0.1, 0.15) is 70.5 Å². The second-order valence-corrected chi connectivity index (χ2v) is 5.32. The van der Waals surface area contributed by atoms with Crippen LogP contribution in [0.2, 0.25) is 0 Å². The average Bonchev–Trinajstić information content (AvgIpc) is 2.52. The summed E-state index contributed by atoms with van der Waals surface area (Å²) < 4.78 is 10.6. The SMILES string of the molecule is CCCCCCOC(=O)OC(CCCC)c1ccccc1. The highest BCUT2D eigenvalue weighted by molar-refractivity contribution is 5.60. The largest absolute Gasteiger partial charge is 0.508 e. The molecule has 1 unspecified atom stereocenters. The molecule has 1 atom stereocenters. The van der Waals surface area contributed by atoms with Crippen LogP contribution < -0.4 is 0 Å². The van der Waals surface area contributed by atoms with Gasteiger partial charge in [-0.05, 0) is 24.8 Å². The molecular weight excluding hydrogens is 264 g/mol. The summed E-state index contributed by atoms with van der Waals surface area (Å²) in [6.45, 7) is 4.75. The minimum Gasteiger partial charge on any atom is -0.434 e. The first-order valence-corrected chi connectivity index (χ1v) is 8.16. The number of unbranched alkanes of at least 4 members (excludes halogenated alkanes) is 4. The maximum Gasteiger partial charge on any atom is 0.508 e. The Hall–Kier alpha value is -1.51. The lowest BCUT2D eigenvalue weighted by Crippen LogP contribution is -2.13. The molecule has 3 nitrogen and oxygen atoms in total. The van der Waals surface area contributed by atoms with Crippen molar-refractivity contribution in [3.05, 3.63) is 35.9 Å². The normalized spacial score (nSPS) is 11.9. The third kappa shape index (κ3) is 7.74. The van der Waals surface area contributed by atoms with Crippen molar-refractivity contribution in [1.29, 1.82) is 0 Å². The quantitative estimate of drug-likeness (QED) is 0.413. The number of hydrogen-bond acceptors (Lipinski definition) is 3. The zero-order valence-electron chi connectivity index (χ0n) is 13.3. The van der Waals surface area contributed by atoms with E-state index in [1.807, 2.05) is 30.3 Å². The van der Waals surface area contributed by atoms with Gasteiger partial charge in [-0.1, -0.05) is 69.9 Å². The maximum atomic E-state index is 11.8. The van der Waals surface area contributed by atoms with E-state index in [1.165, 1.54) is 12.8 Å². The van der Waals surface area contributed by atoms with Gasteiger partial charge < -0.3 is 9.47 Å². The summed E-state index contributed by atoms with van der Waals surface area (Å²) in [5, 5.41) is 0. The molecule has 0 aliphatic rings. The predicted molar refractivity (Wildman–Crippen MR) is 85.3 cm³/mol. The van der Waals surface area contributed by atoms with E-state index in [-0.39, 0.29) is 6.10 Å². The van der Waals surface area contributed by atoms with E-state index in [0.29, 0.717) is 6.61 Å². The van der Waals surface area contributed by atoms with Crippen molar-refractivity contribution in [3.63, 3.8) is 0 Å². The van der Waals surface area contributed by atoms with Gasteiger partial charge in [0.05, 0.1) is 6.61 Å². The lowest BCUT2D eigenvalue weighted by atomic mass is 10.0. The van der Waals surface area contributed by atoms with Gasteiger partial charge in [-0.15, -0.1) is 0 Å². The molecule has 1 aromatic rings. The number of rotatable bonds is 10. The molecule has 0 saturated carbocycles. The van der Waals surface area contributed by atoms with Gasteiger partial charge in [0.15, 0.2) is 0 Å². The van der Waals surface area contributed by atoms with E-state index >= 15 is 0 Å². The summed E-state index contributed by atoms with van der Waals surface area (Å²) in [6, 6.07) is 9.89. The lowest BCUT2D eigenvalue weighted by molar-refractivity contribution is 0.0184. The lowest BCUT2D eigenvalue weighted by Gasteiger charge is -2.17. The van der Waals surface area contributed by atoms with Crippen molar-refractivity contribution in [2.24, 2.45) is 0 Å². The average molecular weight is 292 g/mol. The van der Waals surface area contributed by atoms with Crippen molar-refractivity contribution < 1.29 is 14.3 Å². The van der Waals surface area contributed by atoms with Crippen LogP contribution >= 0.6 is 0 Å². The van der Waals surface area contributed by atoms with Crippen molar-refractivity contribution in [2.45, 2.75) is 64.9 Å². The van der Waals surface area contributed by atoms with Crippen LogP contribution in [0.5, 0.6) is 0 Å². The summed E-state index contributed by atoms with van der Waals surface area (Å²) >= 11 is 0. The van der Waals surface area contributed by atoms with Gasteiger partial charge in [0.25, 0.3) is 0 Å². The predicted octanol–water partition coefficient (Wildman–Crippen LogP) is 5.65. The standard InChI is InChI=1S/C18H28O3/c1-3-5-7-11-15-20-18(19)21-17(14-6-4-2)16-12-9-8-10-13-16/h8-10,12-13,17H,3-7,11,14-15H2,1-2H3. The number of carbonyl (C=O) groups is 1. The molecule has 0 aliphatic heterocycles. The van der Waals surface area contributed by atoms with E-state index < -0.39 is 6.16 Å². The highest BCUT2D eigenvalue weighted by Gasteiger charge is 2.16. The third-order valence-corrected chi connectivity index (χ3v) is 3.45. The first kappa shape index (κ1) is 17.5. The minimum atomic E-state index is -0.545. The summed E-state index contributed by atoms with van der Waals surface area (Å²) in [7, 11) is 0. The van der Waals surface area contributed by atoms with Crippen LogP contribution in [0.25, 0.3) is 0 Å². The molecule has 0 fully saturated rings. The molecule has 118 valence electrons. The zero-order chi connectivity index (χ0) is 15.3. The molecule has 0 aromatic heterocycles. The van der Waals surface area contributed by atoms with E-state index in [1.54, 1.807) is 0 Å². The summed E-state index contributed by atoms with van der Waals surface area (Å²) in [5.74, 6) is 0. The Morgan fingerprint density at radius 1 is 1.00 bits per heavy atom. The van der Waals surface area contributed by atoms with Gasteiger partial charge in [0.2, 0.25) is 0 Å². The van der Waals surface area contributed by atoms with Gasteiger partial charge in [-0.3, -0.25) is 0 Å². The number of carbonyl (C=O) groups excluding carboxylic acids is 1. The fourth-order valence-corrected chi connectivity index (χ4v) is 2.19. The number of hydrogen-bond donors (Lipinski definition) is 0. The molecule has 1 rings (SSSR count). The van der Waals surface area contributed by atoms with Crippen LogP contribution in [0.3, 0.4) is 0 Å². The van der Waals surface area contributed by atoms with Gasteiger partial charge in [-0.25, -0.2) is 4.79 Å². The molecule has 0 heterocycles. The monoisotopic (exact) mass is 292 g/mol. The van der Waals surface area contributed by atoms with Crippen molar-refractivity contribution in [2.75, 3.05) is 6.61 Å². The van der Waals surface area contributed by atoms with Gasteiger partial charge in [0, 0.05) is 0 Å². The molecule has 0 N–H and O–H groups in total. The molecule has 21 heavy (non-hydrogen) atoms. The minimum absolute atomic E-state index is 0.200. The molecule has 3 heteroatoms. The second-order valence-electron chi connectivity index (χ2n) is 5.32. The smallest absolute Gasteiger partial charge is 0.434 e. The highest BCUT2D eigenvalue weighted by atomic mass is 16.7. The van der Waals surface area contributed by atoms with Crippen molar-refractivity contribution in [1.82, 2.24) is 0 Å². The molecule has 0 radical (unpaired) electrons. The summed E-state index contributed by atoms with van der Waals surface area (Å²) in [4.78, 5) is 11.8. The first-order chi connectivity index (χ1) is 10.3. The highest BCUT2D eigenvalue weighted by Crippen LogP contribution is 2.24. The van der Waals surface area contributed by atoms with E-state index in [9.17, 15) is 4.79 Å². The first-order valence-electron chi connectivity index (χ1n) is 8.16. The van der Waals surface area contributed by atoms with Gasteiger partial charge >= 0.3 is 6.16 Å². The molecule has 0 amide bonds. The molecule has 0 saturated heterocycles. The van der Waals surface area contributed by atoms with Crippen molar-refractivity contribution >= 4 is 6.16 Å². The molecule has 0 bridgehead atoms. The van der Waals surface area contributed by atoms with Crippen LogP contribution in [0.4, 0.5) is 4.79 Å². The Morgan fingerprint density at radius 3 is 2.38 bits per heavy atom. The van der Waals surface area contributed by atoms with E-state index in [2.05, 4.69) is 13.8 Å². The van der Waals surface area contributed by atoms with Gasteiger partial charge in [-0.2, -0.15) is 0 Å². The van der Waals surface area contributed by atoms with Crippen LogP contribution in [0.15, 0.2) is 30.3 Å². The number of ether oxygens (including phenoxy) is 2. The maximum absolute atomic E-state index is 11.8. The second kappa shape index (κ2) is 11.2. The fraction of sp³-hybridized carbons (Fsp3) is 0.611. The van der Waals surface area contributed by atoms with Crippen LogP contribution in [0, 0.1) is 0 Å². The van der Waals surface area contributed by atoms with Crippen molar-refractivity contribution in [3.8, 4) is 0 Å². The third-order valence-electron chi connectivity index (χ3n) is 3.45. The molecule has 0 spiro atoms. The summed E-state index contributed by atoms with van der Waals surface area (Å²) in [5.41, 5.74) is 1.04. The zero-order valence-corrected chi connectivity index (χ0v) is 13.3. The molecule has 0 aliphatic carbocycles. The fourth-order valence-electron chi connectivity index (χ4n) is 2.19. The van der Waals surface area contributed by atoms with Gasteiger partial charge in [0.1, 0.15) is 6.10 Å². The summed E-state index contributed by atoms with van der Waals surface area (Å²) in [6.07, 6.45) is 6.58. The number of benzene rings is 1. The van der Waals surface area contributed by atoms with Crippen LogP contribution in [-0.4, -0.2) is 12.8 Å². The molecule has 1 aromatic carbocycles. The Kier molecular flexibility index (Phi) is 9.34. The Balaban J connectivity index is 2.39.